The fourth-order valence-electron chi connectivity index (χ4n) is 2.13. The Bertz CT molecular complexity index is 566. The van der Waals surface area contributed by atoms with Crippen molar-refractivity contribution in [1.29, 1.82) is 0 Å². The first-order valence-electron chi connectivity index (χ1n) is 6.77. The summed E-state index contributed by atoms with van der Waals surface area (Å²) in [6, 6.07) is 6.46. The molecule has 1 N–H and O–H groups in total. The monoisotopic (exact) mass is 275 g/mol. The van der Waals surface area contributed by atoms with E-state index in [1.165, 1.54) is 5.56 Å². The molecule has 0 aliphatic rings. The van der Waals surface area contributed by atoms with Gasteiger partial charge in [-0.2, -0.15) is 4.98 Å². The summed E-state index contributed by atoms with van der Waals surface area (Å²) >= 11 is 0. The zero-order chi connectivity index (χ0) is 14.5. The van der Waals surface area contributed by atoms with E-state index in [0.717, 1.165) is 30.1 Å². The minimum Gasteiger partial charge on any atom is -0.496 e. The number of rotatable bonds is 6. The maximum Gasteiger partial charge on any atom is 0.223 e. The molecule has 0 saturated heterocycles. The average Bonchev–Trinajstić information content (AvgIpc) is 2.84. The van der Waals surface area contributed by atoms with Crippen molar-refractivity contribution >= 4 is 0 Å². The molecular weight excluding hydrogens is 254 g/mol. The first-order chi connectivity index (χ1) is 9.60. The third kappa shape index (κ3) is 3.57. The van der Waals surface area contributed by atoms with Gasteiger partial charge in [0.2, 0.25) is 5.89 Å². The molecule has 108 valence electrons. The van der Waals surface area contributed by atoms with E-state index in [4.69, 9.17) is 9.26 Å². The number of nitrogens with zero attached hydrogens (tertiary/aromatic N) is 2. The van der Waals surface area contributed by atoms with Crippen LogP contribution in [0.15, 0.2) is 22.7 Å². The van der Waals surface area contributed by atoms with E-state index in [1.54, 1.807) is 14.0 Å². The number of aryl methyl sites for hydroxylation is 2. The lowest BCUT2D eigenvalue weighted by Crippen LogP contribution is -2.22. The molecule has 0 spiro atoms. The Balaban J connectivity index is 1.93. The van der Waals surface area contributed by atoms with Crippen LogP contribution in [-0.4, -0.2) is 23.8 Å². The first kappa shape index (κ1) is 14.5. The van der Waals surface area contributed by atoms with Crippen molar-refractivity contribution in [2.45, 2.75) is 33.2 Å². The Morgan fingerprint density at radius 3 is 2.80 bits per heavy atom. The van der Waals surface area contributed by atoms with Crippen molar-refractivity contribution in [3.8, 4) is 5.75 Å². The van der Waals surface area contributed by atoms with Crippen LogP contribution in [0.1, 0.15) is 35.8 Å². The fourth-order valence-corrected chi connectivity index (χ4v) is 2.13. The van der Waals surface area contributed by atoms with E-state index in [0.29, 0.717) is 5.89 Å². The molecule has 0 aliphatic heterocycles. The van der Waals surface area contributed by atoms with E-state index in [-0.39, 0.29) is 6.04 Å². The topological polar surface area (TPSA) is 60.2 Å². The Morgan fingerprint density at radius 1 is 1.35 bits per heavy atom. The summed E-state index contributed by atoms with van der Waals surface area (Å²) in [5, 5.41) is 7.33. The minimum absolute atomic E-state index is 0.207. The van der Waals surface area contributed by atoms with Crippen molar-refractivity contribution in [2.75, 3.05) is 13.7 Å². The number of nitrogens with one attached hydrogen (secondary N) is 1. The van der Waals surface area contributed by atoms with Gasteiger partial charge in [-0.3, -0.25) is 0 Å². The lowest BCUT2D eigenvalue weighted by Gasteiger charge is -2.17. The van der Waals surface area contributed by atoms with Crippen LogP contribution < -0.4 is 10.1 Å². The van der Waals surface area contributed by atoms with Gasteiger partial charge < -0.3 is 14.6 Å². The summed E-state index contributed by atoms with van der Waals surface area (Å²) in [6.07, 6.45) is 0.746. The Morgan fingerprint density at radius 2 is 2.15 bits per heavy atom. The third-order valence-electron chi connectivity index (χ3n) is 3.22. The molecule has 5 heteroatoms. The number of ether oxygens (including phenoxy) is 1. The molecule has 20 heavy (non-hydrogen) atoms. The normalized spacial score (nSPS) is 12.4. The van der Waals surface area contributed by atoms with Crippen molar-refractivity contribution in [1.82, 2.24) is 15.5 Å². The number of methoxy groups -OCH3 is 1. The van der Waals surface area contributed by atoms with E-state index in [1.807, 2.05) is 0 Å². The summed E-state index contributed by atoms with van der Waals surface area (Å²) in [7, 11) is 1.70. The number of hydrogen-bond donors (Lipinski definition) is 1. The highest BCUT2D eigenvalue weighted by atomic mass is 16.5. The summed E-state index contributed by atoms with van der Waals surface area (Å²) in [6.45, 7) is 6.76. The van der Waals surface area contributed by atoms with Crippen molar-refractivity contribution in [3.05, 3.63) is 41.0 Å². The van der Waals surface area contributed by atoms with Gasteiger partial charge in [-0.05, 0) is 25.5 Å². The van der Waals surface area contributed by atoms with E-state index >= 15 is 0 Å². The largest absolute Gasteiger partial charge is 0.496 e. The molecule has 0 amide bonds. The van der Waals surface area contributed by atoms with Gasteiger partial charge in [0, 0.05) is 31.5 Å². The number of hydrogen-bond acceptors (Lipinski definition) is 5. The van der Waals surface area contributed by atoms with Gasteiger partial charge in [0.1, 0.15) is 5.75 Å². The average molecular weight is 275 g/mol. The molecule has 1 unspecified atom stereocenters. The summed E-state index contributed by atoms with van der Waals surface area (Å²) in [5.41, 5.74) is 2.35. The summed E-state index contributed by atoms with van der Waals surface area (Å²) in [5.74, 6) is 2.26. The molecule has 2 rings (SSSR count). The Labute approximate surface area is 119 Å². The van der Waals surface area contributed by atoms with Crippen LogP contribution in [0, 0.1) is 13.8 Å². The molecular formula is C15H21N3O2. The molecule has 0 aliphatic carbocycles. The van der Waals surface area contributed by atoms with Crippen LogP contribution in [0.25, 0.3) is 0 Å². The molecule has 2 aromatic rings. The van der Waals surface area contributed by atoms with Crippen LogP contribution in [0.2, 0.25) is 0 Å². The van der Waals surface area contributed by atoms with Crippen LogP contribution in [0.4, 0.5) is 0 Å². The van der Waals surface area contributed by atoms with E-state index < -0.39 is 0 Å². The second kappa shape index (κ2) is 6.52. The number of benzene rings is 1. The maximum absolute atomic E-state index is 5.44. The molecule has 1 aromatic carbocycles. The van der Waals surface area contributed by atoms with Gasteiger partial charge in [-0.15, -0.1) is 0 Å². The van der Waals surface area contributed by atoms with Crippen LogP contribution in [0.3, 0.4) is 0 Å². The van der Waals surface area contributed by atoms with Gasteiger partial charge in [-0.1, -0.05) is 17.3 Å². The Hall–Kier alpha value is -1.88. The van der Waals surface area contributed by atoms with Gasteiger partial charge in [-0.25, -0.2) is 0 Å². The van der Waals surface area contributed by atoms with Crippen molar-refractivity contribution in [2.24, 2.45) is 0 Å². The summed E-state index contributed by atoms with van der Waals surface area (Å²) in [4.78, 5) is 4.18. The fraction of sp³-hybridized carbons (Fsp3) is 0.467. The highest BCUT2D eigenvalue weighted by Crippen LogP contribution is 2.25. The zero-order valence-electron chi connectivity index (χ0n) is 12.4. The zero-order valence-corrected chi connectivity index (χ0v) is 12.4. The molecule has 0 saturated carbocycles. The molecule has 0 fully saturated rings. The summed E-state index contributed by atoms with van der Waals surface area (Å²) < 4.78 is 10.4. The van der Waals surface area contributed by atoms with Gasteiger partial charge in [0.05, 0.1) is 7.11 Å². The van der Waals surface area contributed by atoms with Gasteiger partial charge in [0.25, 0.3) is 0 Å². The molecule has 5 nitrogen and oxygen atoms in total. The second-order valence-corrected chi connectivity index (χ2v) is 4.90. The van der Waals surface area contributed by atoms with E-state index in [2.05, 4.69) is 47.5 Å². The molecule has 1 atom stereocenters. The highest BCUT2D eigenvalue weighted by molar-refractivity contribution is 5.39. The minimum atomic E-state index is 0.207. The molecule has 1 aromatic heterocycles. The van der Waals surface area contributed by atoms with Crippen LogP contribution in [-0.2, 0) is 6.42 Å². The van der Waals surface area contributed by atoms with Crippen LogP contribution in [0.5, 0.6) is 5.75 Å². The van der Waals surface area contributed by atoms with Crippen molar-refractivity contribution in [3.63, 3.8) is 0 Å². The quantitative estimate of drug-likeness (QED) is 0.878. The maximum atomic E-state index is 5.44. The third-order valence-corrected chi connectivity index (χ3v) is 3.22. The first-order valence-corrected chi connectivity index (χ1v) is 6.77. The lowest BCUT2D eigenvalue weighted by molar-refractivity contribution is 0.385. The highest BCUT2D eigenvalue weighted by Gasteiger charge is 2.11. The molecule has 0 bridgehead atoms. The standard InChI is InChI=1S/C15H21N3O2/c1-10-5-6-13(14(9-10)19-4)11(2)16-8-7-15-17-12(3)20-18-15/h5-6,9,11,16H,7-8H2,1-4H3. The van der Waals surface area contributed by atoms with Gasteiger partial charge >= 0.3 is 0 Å². The molecule has 0 radical (unpaired) electrons. The predicted molar refractivity (Wildman–Crippen MR) is 76.9 cm³/mol. The van der Waals surface area contributed by atoms with Crippen LogP contribution >= 0.6 is 0 Å². The van der Waals surface area contributed by atoms with Crippen molar-refractivity contribution < 1.29 is 9.26 Å². The van der Waals surface area contributed by atoms with E-state index in [9.17, 15) is 0 Å². The lowest BCUT2D eigenvalue weighted by atomic mass is 10.0. The SMILES string of the molecule is COc1cc(C)ccc1C(C)NCCc1noc(C)n1. The Kier molecular flexibility index (Phi) is 4.74. The van der Waals surface area contributed by atoms with Gasteiger partial charge in [0.15, 0.2) is 5.82 Å². The second-order valence-electron chi connectivity index (χ2n) is 4.90. The smallest absolute Gasteiger partial charge is 0.223 e. The predicted octanol–water partition coefficient (Wildman–Crippen LogP) is 2.59. The number of aromatic nitrogens is 2. The molecule has 1 heterocycles.